The summed E-state index contributed by atoms with van der Waals surface area (Å²) in [4.78, 5) is 12.5. The summed E-state index contributed by atoms with van der Waals surface area (Å²) in [5.41, 5.74) is 10.7. The zero-order chi connectivity index (χ0) is 20.4. The monoisotopic (exact) mass is 397 g/mol. The Kier molecular flexibility index (Phi) is 5.53. The molecule has 0 saturated carbocycles. The summed E-state index contributed by atoms with van der Waals surface area (Å²) in [6.45, 7) is 3.45. The molecular formula is C21H27N5O3. The van der Waals surface area contributed by atoms with Crippen LogP contribution in [0.3, 0.4) is 0 Å². The van der Waals surface area contributed by atoms with Crippen LogP contribution in [0.15, 0.2) is 23.4 Å². The molecule has 1 saturated heterocycles. The standard InChI is InChI=1S/C21H27N5O3/c1-2-16-20-18(6-3-7-19(20)27)26(24-16)13-8-9-15(21(22)25-28)17(11-13)23-12-14-5-4-10-29-14/h8-9,11,14,23,28H,2-7,10,12H2,1H3,(H2,22,25). The number of carbonyl (C=O) groups excluding carboxylic acids is 1. The van der Waals surface area contributed by atoms with Gasteiger partial charge in [0.2, 0.25) is 0 Å². The maximum atomic E-state index is 12.5. The molecule has 1 aliphatic carbocycles. The summed E-state index contributed by atoms with van der Waals surface area (Å²) in [6, 6.07) is 5.64. The summed E-state index contributed by atoms with van der Waals surface area (Å²) in [7, 11) is 0. The third-order valence-corrected chi connectivity index (χ3v) is 5.66. The van der Waals surface area contributed by atoms with Gasteiger partial charge in [-0.05, 0) is 50.3 Å². The summed E-state index contributed by atoms with van der Waals surface area (Å²) >= 11 is 0. The van der Waals surface area contributed by atoms with E-state index in [2.05, 4.69) is 10.5 Å². The highest BCUT2D eigenvalue weighted by Gasteiger charge is 2.27. The Bertz CT molecular complexity index is 944. The number of hydrogen-bond donors (Lipinski definition) is 3. The third-order valence-electron chi connectivity index (χ3n) is 5.66. The number of carbonyl (C=O) groups is 1. The van der Waals surface area contributed by atoms with E-state index in [0.717, 1.165) is 60.6 Å². The van der Waals surface area contributed by atoms with E-state index in [-0.39, 0.29) is 17.7 Å². The van der Waals surface area contributed by atoms with Gasteiger partial charge in [-0.15, -0.1) is 0 Å². The number of amidine groups is 1. The molecule has 2 heterocycles. The van der Waals surface area contributed by atoms with E-state index >= 15 is 0 Å². The van der Waals surface area contributed by atoms with Crippen LogP contribution in [-0.2, 0) is 17.6 Å². The van der Waals surface area contributed by atoms with Crippen LogP contribution in [0.2, 0.25) is 0 Å². The van der Waals surface area contributed by atoms with Crippen molar-refractivity contribution in [3.8, 4) is 5.69 Å². The molecule has 1 aromatic heterocycles. The second kappa shape index (κ2) is 8.24. The number of benzene rings is 1. The number of rotatable bonds is 6. The number of anilines is 1. The van der Waals surface area contributed by atoms with Gasteiger partial charge in [-0.25, -0.2) is 4.68 Å². The molecule has 0 radical (unpaired) electrons. The number of aromatic nitrogens is 2. The fourth-order valence-corrected chi connectivity index (χ4v) is 4.18. The van der Waals surface area contributed by atoms with Crippen LogP contribution in [0.5, 0.6) is 0 Å². The van der Waals surface area contributed by atoms with Gasteiger partial charge >= 0.3 is 0 Å². The molecule has 1 aromatic carbocycles. The molecule has 29 heavy (non-hydrogen) atoms. The summed E-state index contributed by atoms with van der Waals surface area (Å²) in [6.07, 6.45) is 5.20. The number of nitrogens with one attached hydrogen (secondary N) is 1. The van der Waals surface area contributed by atoms with Crippen LogP contribution in [-0.4, -0.2) is 45.9 Å². The van der Waals surface area contributed by atoms with Gasteiger partial charge in [0, 0.05) is 30.8 Å². The first-order valence-corrected chi connectivity index (χ1v) is 10.2. The van der Waals surface area contributed by atoms with Crippen LogP contribution in [0.25, 0.3) is 5.69 Å². The number of Topliss-reactive ketones (excluding diaryl/α,β-unsaturated/α-hetero) is 1. The van der Waals surface area contributed by atoms with E-state index in [9.17, 15) is 4.79 Å². The van der Waals surface area contributed by atoms with E-state index in [4.69, 9.17) is 20.8 Å². The molecule has 2 aliphatic rings. The van der Waals surface area contributed by atoms with Gasteiger partial charge in [-0.1, -0.05) is 12.1 Å². The topological polar surface area (TPSA) is 115 Å². The van der Waals surface area contributed by atoms with E-state index in [1.807, 2.05) is 29.8 Å². The number of ketones is 1. The van der Waals surface area contributed by atoms with Crippen molar-refractivity contribution in [1.29, 1.82) is 0 Å². The highest BCUT2D eigenvalue weighted by atomic mass is 16.5. The third kappa shape index (κ3) is 3.72. The maximum Gasteiger partial charge on any atom is 0.172 e. The molecule has 8 heteroatoms. The molecule has 1 aliphatic heterocycles. The quantitative estimate of drug-likeness (QED) is 0.299. The predicted molar refractivity (Wildman–Crippen MR) is 110 cm³/mol. The molecular weight excluding hydrogens is 370 g/mol. The van der Waals surface area contributed by atoms with Crippen LogP contribution in [0.4, 0.5) is 5.69 Å². The molecule has 4 N–H and O–H groups in total. The van der Waals surface area contributed by atoms with Crippen LogP contribution in [0.1, 0.15) is 59.9 Å². The molecule has 1 atom stereocenters. The average Bonchev–Trinajstić information content (AvgIpc) is 3.40. The fourth-order valence-electron chi connectivity index (χ4n) is 4.18. The summed E-state index contributed by atoms with van der Waals surface area (Å²) in [5, 5.41) is 20.4. The zero-order valence-corrected chi connectivity index (χ0v) is 16.6. The lowest BCUT2D eigenvalue weighted by Gasteiger charge is -2.17. The van der Waals surface area contributed by atoms with Gasteiger partial charge in [-0.2, -0.15) is 5.10 Å². The van der Waals surface area contributed by atoms with Gasteiger partial charge < -0.3 is 21.0 Å². The lowest BCUT2D eigenvalue weighted by molar-refractivity contribution is 0.0971. The second-order valence-electron chi connectivity index (χ2n) is 7.54. The van der Waals surface area contributed by atoms with Crippen molar-refractivity contribution in [2.24, 2.45) is 10.9 Å². The molecule has 0 bridgehead atoms. The number of ether oxygens (including phenoxy) is 1. The Morgan fingerprint density at radius 3 is 3.00 bits per heavy atom. The molecule has 1 fully saturated rings. The Morgan fingerprint density at radius 2 is 2.28 bits per heavy atom. The van der Waals surface area contributed by atoms with Crippen molar-refractivity contribution in [3.05, 3.63) is 40.7 Å². The number of nitrogens with two attached hydrogens (primary N) is 1. The maximum absolute atomic E-state index is 12.5. The van der Waals surface area contributed by atoms with E-state index in [1.54, 1.807) is 0 Å². The Labute approximate surface area is 169 Å². The van der Waals surface area contributed by atoms with Crippen molar-refractivity contribution in [3.63, 3.8) is 0 Å². The number of nitrogens with zero attached hydrogens (tertiary/aromatic N) is 3. The number of hydrogen-bond acceptors (Lipinski definition) is 6. The minimum absolute atomic E-state index is 0.0401. The van der Waals surface area contributed by atoms with Gasteiger partial charge in [0.15, 0.2) is 11.6 Å². The lowest BCUT2D eigenvalue weighted by Crippen LogP contribution is -2.22. The first-order valence-electron chi connectivity index (χ1n) is 10.2. The molecule has 4 rings (SSSR count). The predicted octanol–water partition coefficient (Wildman–Crippen LogP) is 2.64. The van der Waals surface area contributed by atoms with Gasteiger partial charge in [0.25, 0.3) is 0 Å². The minimum Gasteiger partial charge on any atom is -0.409 e. The van der Waals surface area contributed by atoms with E-state index < -0.39 is 0 Å². The van der Waals surface area contributed by atoms with E-state index in [1.165, 1.54) is 0 Å². The van der Waals surface area contributed by atoms with Crippen molar-refractivity contribution < 1.29 is 14.7 Å². The number of aryl methyl sites for hydroxylation is 1. The molecule has 0 spiro atoms. The average molecular weight is 397 g/mol. The summed E-state index contributed by atoms with van der Waals surface area (Å²) in [5.74, 6) is 0.220. The van der Waals surface area contributed by atoms with Gasteiger partial charge in [0.05, 0.1) is 28.7 Å². The molecule has 1 unspecified atom stereocenters. The normalized spacial score (nSPS) is 19.4. The van der Waals surface area contributed by atoms with Crippen LogP contribution >= 0.6 is 0 Å². The molecule has 8 nitrogen and oxygen atoms in total. The lowest BCUT2D eigenvalue weighted by atomic mass is 9.93. The van der Waals surface area contributed by atoms with Gasteiger partial charge in [-0.3, -0.25) is 4.79 Å². The minimum atomic E-state index is 0.0401. The highest BCUT2D eigenvalue weighted by Crippen LogP contribution is 2.29. The van der Waals surface area contributed by atoms with Gasteiger partial charge in [0.1, 0.15) is 0 Å². The van der Waals surface area contributed by atoms with Crippen LogP contribution in [0, 0.1) is 0 Å². The van der Waals surface area contributed by atoms with E-state index in [0.29, 0.717) is 24.9 Å². The number of oxime groups is 1. The smallest absolute Gasteiger partial charge is 0.172 e. The molecule has 154 valence electrons. The largest absolute Gasteiger partial charge is 0.409 e. The van der Waals surface area contributed by atoms with Crippen molar-refractivity contribution in [1.82, 2.24) is 9.78 Å². The first-order chi connectivity index (χ1) is 14.1. The Morgan fingerprint density at radius 1 is 1.41 bits per heavy atom. The van der Waals surface area contributed by atoms with Crippen molar-refractivity contribution in [2.45, 2.75) is 51.6 Å². The highest BCUT2D eigenvalue weighted by molar-refractivity contribution is 6.02. The molecule has 2 aromatic rings. The van der Waals surface area contributed by atoms with Crippen molar-refractivity contribution in [2.75, 3.05) is 18.5 Å². The summed E-state index contributed by atoms with van der Waals surface area (Å²) < 4.78 is 7.57. The van der Waals surface area contributed by atoms with Crippen molar-refractivity contribution >= 4 is 17.3 Å². The number of fused-ring (bicyclic) bond motifs is 1. The molecule has 0 amide bonds. The Balaban J connectivity index is 1.73. The second-order valence-corrected chi connectivity index (χ2v) is 7.54. The Hall–Kier alpha value is -2.87. The first kappa shape index (κ1) is 19.4. The SMILES string of the molecule is CCc1nn(-c2ccc(/C(N)=N/O)c(NCC3CCCO3)c2)c2c1C(=O)CCC2. The van der Waals surface area contributed by atoms with Crippen LogP contribution < -0.4 is 11.1 Å². The zero-order valence-electron chi connectivity index (χ0n) is 16.6. The fraction of sp³-hybridized carbons (Fsp3) is 0.476.